The molecule has 1 rings (SSSR count). The minimum Gasteiger partial charge on any atom is -0.339 e. The van der Waals surface area contributed by atoms with Crippen LogP contribution in [0.25, 0.3) is 0 Å². The number of rotatable bonds is 2. The quantitative estimate of drug-likeness (QED) is 0.779. The third-order valence-electron chi connectivity index (χ3n) is 2.94. The van der Waals surface area contributed by atoms with Gasteiger partial charge in [-0.2, -0.15) is 0 Å². The van der Waals surface area contributed by atoms with Crippen molar-refractivity contribution >= 4 is 5.91 Å². The maximum atomic E-state index is 12.1. The van der Waals surface area contributed by atoms with Crippen LogP contribution < -0.4 is 5.32 Å². The molecule has 94 valence electrons. The van der Waals surface area contributed by atoms with Crippen molar-refractivity contribution in [2.45, 2.75) is 47.1 Å². The fourth-order valence-corrected chi connectivity index (χ4v) is 2.21. The smallest absolute Gasteiger partial charge is 0.228 e. The van der Waals surface area contributed by atoms with Crippen LogP contribution in [-0.4, -0.2) is 36.5 Å². The summed E-state index contributed by atoms with van der Waals surface area (Å²) in [6, 6.07) is 0.472. The minimum atomic E-state index is -0.250. The Morgan fingerprint density at radius 2 is 2.06 bits per heavy atom. The highest BCUT2D eigenvalue weighted by molar-refractivity contribution is 5.81. The molecule has 1 aliphatic rings. The lowest BCUT2D eigenvalue weighted by molar-refractivity contribution is -0.140. The second-order valence-corrected chi connectivity index (χ2v) is 6.28. The Morgan fingerprint density at radius 3 is 2.56 bits per heavy atom. The maximum Gasteiger partial charge on any atom is 0.228 e. The zero-order valence-electron chi connectivity index (χ0n) is 11.3. The van der Waals surface area contributed by atoms with Gasteiger partial charge in [0.15, 0.2) is 0 Å². The van der Waals surface area contributed by atoms with Gasteiger partial charge in [0.1, 0.15) is 0 Å². The van der Waals surface area contributed by atoms with Crippen molar-refractivity contribution in [2.75, 3.05) is 19.6 Å². The molecule has 1 aliphatic heterocycles. The number of piperazine rings is 1. The molecular formula is C13H26N2O. The second kappa shape index (κ2) is 5.17. The molecule has 1 heterocycles. The van der Waals surface area contributed by atoms with E-state index in [1.165, 1.54) is 0 Å². The lowest BCUT2D eigenvalue weighted by Crippen LogP contribution is -2.55. The Hall–Kier alpha value is -0.570. The molecule has 1 amide bonds. The largest absolute Gasteiger partial charge is 0.339 e. The fourth-order valence-electron chi connectivity index (χ4n) is 2.21. The van der Waals surface area contributed by atoms with Crippen LogP contribution in [0.3, 0.4) is 0 Å². The first-order chi connectivity index (χ1) is 7.30. The number of nitrogens with zero attached hydrogens (tertiary/aromatic N) is 1. The standard InChI is InChI=1S/C13H26N2O/c1-10(2)8-11-9-15(7-6-14-11)12(16)13(3,4)5/h10-11,14H,6-9H2,1-5H3. The van der Waals surface area contributed by atoms with E-state index in [-0.39, 0.29) is 11.3 Å². The minimum absolute atomic E-state index is 0.250. The summed E-state index contributed by atoms with van der Waals surface area (Å²) >= 11 is 0. The molecule has 0 saturated carbocycles. The number of hydrogen-bond donors (Lipinski definition) is 1. The zero-order chi connectivity index (χ0) is 12.3. The number of nitrogens with one attached hydrogen (secondary N) is 1. The summed E-state index contributed by atoms with van der Waals surface area (Å²) < 4.78 is 0. The van der Waals surface area contributed by atoms with E-state index in [1.807, 2.05) is 25.7 Å². The summed E-state index contributed by atoms with van der Waals surface area (Å²) in [5.41, 5.74) is -0.250. The van der Waals surface area contributed by atoms with E-state index < -0.39 is 0 Å². The van der Waals surface area contributed by atoms with E-state index in [0.717, 1.165) is 26.1 Å². The summed E-state index contributed by atoms with van der Waals surface area (Å²) in [4.78, 5) is 14.2. The van der Waals surface area contributed by atoms with E-state index in [0.29, 0.717) is 12.0 Å². The van der Waals surface area contributed by atoms with Crippen molar-refractivity contribution < 1.29 is 4.79 Å². The third-order valence-corrected chi connectivity index (χ3v) is 2.94. The first-order valence-corrected chi connectivity index (χ1v) is 6.33. The second-order valence-electron chi connectivity index (χ2n) is 6.28. The van der Waals surface area contributed by atoms with Crippen molar-refractivity contribution in [3.05, 3.63) is 0 Å². The lowest BCUT2D eigenvalue weighted by Gasteiger charge is -2.37. The van der Waals surface area contributed by atoms with E-state index in [2.05, 4.69) is 19.2 Å². The monoisotopic (exact) mass is 226 g/mol. The average Bonchev–Trinajstić information content (AvgIpc) is 2.14. The molecule has 3 heteroatoms. The Labute approximate surface area is 99.6 Å². The van der Waals surface area contributed by atoms with Crippen LogP contribution in [0, 0.1) is 11.3 Å². The van der Waals surface area contributed by atoms with Gasteiger partial charge >= 0.3 is 0 Å². The molecule has 0 aliphatic carbocycles. The van der Waals surface area contributed by atoms with Gasteiger partial charge in [-0.1, -0.05) is 34.6 Å². The van der Waals surface area contributed by atoms with E-state index in [4.69, 9.17) is 0 Å². The van der Waals surface area contributed by atoms with E-state index >= 15 is 0 Å². The summed E-state index contributed by atoms with van der Waals surface area (Å²) in [6.07, 6.45) is 1.15. The fraction of sp³-hybridized carbons (Fsp3) is 0.923. The predicted molar refractivity (Wildman–Crippen MR) is 67.3 cm³/mol. The highest BCUT2D eigenvalue weighted by Crippen LogP contribution is 2.19. The van der Waals surface area contributed by atoms with Gasteiger partial charge in [0.2, 0.25) is 5.91 Å². The van der Waals surface area contributed by atoms with Crippen LogP contribution in [-0.2, 0) is 4.79 Å². The predicted octanol–water partition coefficient (Wildman–Crippen LogP) is 1.88. The zero-order valence-corrected chi connectivity index (χ0v) is 11.3. The van der Waals surface area contributed by atoms with Crippen molar-refractivity contribution in [3.63, 3.8) is 0 Å². The molecule has 0 spiro atoms. The Morgan fingerprint density at radius 1 is 1.44 bits per heavy atom. The lowest BCUT2D eigenvalue weighted by atomic mass is 9.93. The normalized spacial score (nSPS) is 22.6. The molecule has 1 fully saturated rings. The Bertz CT molecular complexity index is 243. The van der Waals surface area contributed by atoms with Crippen LogP contribution in [0.4, 0.5) is 0 Å². The average molecular weight is 226 g/mol. The molecular weight excluding hydrogens is 200 g/mol. The highest BCUT2D eigenvalue weighted by Gasteiger charge is 2.30. The maximum absolute atomic E-state index is 12.1. The third kappa shape index (κ3) is 3.78. The van der Waals surface area contributed by atoms with Gasteiger partial charge in [-0.3, -0.25) is 4.79 Å². The molecule has 16 heavy (non-hydrogen) atoms. The van der Waals surface area contributed by atoms with Gasteiger partial charge in [0.05, 0.1) is 0 Å². The molecule has 0 aromatic rings. The number of amides is 1. The first kappa shape index (κ1) is 13.5. The Kier molecular flexibility index (Phi) is 4.36. The van der Waals surface area contributed by atoms with Crippen molar-refractivity contribution in [3.8, 4) is 0 Å². The summed E-state index contributed by atoms with van der Waals surface area (Å²) in [7, 11) is 0. The highest BCUT2D eigenvalue weighted by atomic mass is 16.2. The van der Waals surface area contributed by atoms with Gasteiger partial charge < -0.3 is 10.2 Å². The van der Waals surface area contributed by atoms with Crippen LogP contribution >= 0.6 is 0 Å². The van der Waals surface area contributed by atoms with Crippen molar-refractivity contribution in [1.82, 2.24) is 10.2 Å². The van der Waals surface area contributed by atoms with Gasteiger partial charge in [-0.15, -0.1) is 0 Å². The topological polar surface area (TPSA) is 32.3 Å². The summed E-state index contributed by atoms with van der Waals surface area (Å²) in [6.45, 7) is 13.1. The molecule has 0 aromatic carbocycles. The molecule has 1 atom stereocenters. The van der Waals surface area contributed by atoms with Gasteiger partial charge in [0.25, 0.3) is 0 Å². The Balaban J connectivity index is 2.54. The van der Waals surface area contributed by atoms with Crippen molar-refractivity contribution in [1.29, 1.82) is 0 Å². The molecule has 1 unspecified atom stereocenters. The molecule has 1 saturated heterocycles. The van der Waals surface area contributed by atoms with E-state index in [9.17, 15) is 4.79 Å². The summed E-state index contributed by atoms with van der Waals surface area (Å²) in [5.74, 6) is 0.963. The number of hydrogen-bond acceptors (Lipinski definition) is 2. The van der Waals surface area contributed by atoms with Crippen LogP contribution in [0.5, 0.6) is 0 Å². The molecule has 0 aromatic heterocycles. The SMILES string of the molecule is CC(C)CC1CN(C(=O)C(C)(C)C)CCN1. The molecule has 0 bridgehead atoms. The van der Waals surface area contributed by atoms with Gasteiger partial charge in [0, 0.05) is 31.1 Å². The summed E-state index contributed by atoms with van der Waals surface area (Å²) in [5, 5.41) is 3.49. The van der Waals surface area contributed by atoms with E-state index in [1.54, 1.807) is 0 Å². The van der Waals surface area contributed by atoms with Crippen LogP contribution in [0.2, 0.25) is 0 Å². The van der Waals surface area contributed by atoms with Crippen molar-refractivity contribution in [2.24, 2.45) is 11.3 Å². The van der Waals surface area contributed by atoms with Crippen LogP contribution in [0.15, 0.2) is 0 Å². The van der Waals surface area contributed by atoms with Crippen LogP contribution in [0.1, 0.15) is 41.0 Å². The first-order valence-electron chi connectivity index (χ1n) is 6.33. The van der Waals surface area contributed by atoms with Gasteiger partial charge in [-0.25, -0.2) is 0 Å². The van der Waals surface area contributed by atoms with Gasteiger partial charge in [-0.05, 0) is 12.3 Å². The number of carbonyl (C=O) groups is 1. The molecule has 0 radical (unpaired) electrons. The number of carbonyl (C=O) groups excluding carboxylic acids is 1. The molecule has 1 N–H and O–H groups in total. The molecule has 3 nitrogen and oxygen atoms in total.